The summed E-state index contributed by atoms with van der Waals surface area (Å²) in [6, 6.07) is 11.1. The fraction of sp³-hybridized carbons (Fsp3) is 0.517. The summed E-state index contributed by atoms with van der Waals surface area (Å²) in [4.78, 5) is 17.4. The number of Topliss-reactive ketones (excluding diaryl/α,β-unsaturated/α-hetero) is 1. The summed E-state index contributed by atoms with van der Waals surface area (Å²) in [6.45, 7) is 2.20. The molecule has 3 heteroatoms. The summed E-state index contributed by atoms with van der Waals surface area (Å²) in [5, 5.41) is 3.40. The van der Waals surface area contributed by atoms with E-state index in [0.29, 0.717) is 30.0 Å². The van der Waals surface area contributed by atoms with E-state index in [1.54, 1.807) is 0 Å². The number of aromatic nitrogens is 1. The van der Waals surface area contributed by atoms with Gasteiger partial charge in [-0.25, -0.2) is 0 Å². The third-order valence-electron chi connectivity index (χ3n) is 7.85. The van der Waals surface area contributed by atoms with E-state index in [1.807, 2.05) is 6.20 Å². The Morgan fingerprint density at radius 2 is 2.06 bits per heavy atom. The summed E-state index contributed by atoms with van der Waals surface area (Å²) in [5.74, 6) is 2.19. The van der Waals surface area contributed by atoms with Crippen molar-refractivity contribution in [1.29, 1.82) is 0 Å². The summed E-state index contributed by atoms with van der Waals surface area (Å²) in [6.07, 6.45) is 17.4. The number of hydrogen-bond donors (Lipinski definition) is 1. The summed E-state index contributed by atoms with van der Waals surface area (Å²) in [7, 11) is 0. The molecule has 0 spiro atoms. The third-order valence-corrected chi connectivity index (χ3v) is 7.85. The molecule has 1 aromatic heterocycles. The molecule has 1 saturated heterocycles. The third kappa shape index (κ3) is 5.04. The Hall–Kier alpha value is -2.26. The molecule has 3 unspecified atom stereocenters. The fourth-order valence-electron chi connectivity index (χ4n) is 6.05. The van der Waals surface area contributed by atoms with Crippen molar-refractivity contribution in [3.05, 3.63) is 70.6 Å². The maximum atomic E-state index is 12.6. The molecule has 1 aromatic carbocycles. The molecule has 2 aliphatic carbocycles. The van der Waals surface area contributed by atoms with E-state index in [1.165, 1.54) is 60.1 Å². The van der Waals surface area contributed by atoms with Gasteiger partial charge >= 0.3 is 0 Å². The first-order chi connectivity index (χ1) is 15.8. The lowest BCUT2D eigenvalue weighted by Gasteiger charge is -2.31. The number of fused-ring (bicyclic) bond motifs is 1. The van der Waals surface area contributed by atoms with Crippen molar-refractivity contribution in [2.24, 2.45) is 5.92 Å². The minimum absolute atomic E-state index is 0.391. The number of rotatable bonds is 7. The predicted molar refractivity (Wildman–Crippen MR) is 131 cm³/mol. The molecule has 168 valence electrons. The van der Waals surface area contributed by atoms with Gasteiger partial charge in [-0.1, -0.05) is 42.8 Å². The Morgan fingerprint density at radius 1 is 1.12 bits per heavy atom. The second-order valence-electron chi connectivity index (χ2n) is 10.1. The zero-order valence-corrected chi connectivity index (χ0v) is 19.2. The maximum absolute atomic E-state index is 12.6. The van der Waals surface area contributed by atoms with Gasteiger partial charge in [0.15, 0.2) is 0 Å². The number of carbonyl (C=O) groups is 1. The summed E-state index contributed by atoms with van der Waals surface area (Å²) < 4.78 is 0. The molecule has 0 radical (unpaired) electrons. The molecule has 1 saturated carbocycles. The lowest BCUT2D eigenvalue weighted by atomic mass is 9.75. The molecule has 3 aliphatic rings. The number of pyridine rings is 1. The number of allylic oxidation sites excluding steroid dienone is 1. The van der Waals surface area contributed by atoms with E-state index in [2.05, 4.69) is 47.8 Å². The molecule has 3 atom stereocenters. The fourth-order valence-corrected chi connectivity index (χ4v) is 6.05. The highest BCUT2D eigenvalue weighted by atomic mass is 16.1. The molecule has 3 nitrogen and oxygen atoms in total. The molecule has 2 fully saturated rings. The summed E-state index contributed by atoms with van der Waals surface area (Å²) >= 11 is 0. The standard InChI is InChI=1S/C29H36N2O/c32-27(12-11-21-13-15-30-20-21)18-22-5-3-7-24(17-22)25-8-4-9-26(19-25)29-28-10-2-1-6-23(28)14-16-31-29/h2-3,5,7,10,14,16-17,21,25-26,30H,1,4,6,8-9,11-13,15,18-20H2. The van der Waals surface area contributed by atoms with Crippen molar-refractivity contribution in [2.75, 3.05) is 13.1 Å². The van der Waals surface area contributed by atoms with E-state index < -0.39 is 0 Å². The minimum atomic E-state index is 0.391. The normalized spacial score (nSPS) is 24.9. The summed E-state index contributed by atoms with van der Waals surface area (Å²) in [5.41, 5.74) is 6.78. The first-order valence-electron chi connectivity index (χ1n) is 12.7. The largest absolute Gasteiger partial charge is 0.316 e. The Morgan fingerprint density at radius 3 is 2.97 bits per heavy atom. The molecule has 0 amide bonds. The Kier molecular flexibility index (Phi) is 6.83. The molecular weight excluding hydrogens is 392 g/mol. The van der Waals surface area contributed by atoms with Crippen molar-refractivity contribution >= 4 is 11.9 Å². The number of nitrogens with one attached hydrogen (secondary N) is 1. The average Bonchev–Trinajstić information content (AvgIpc) is 3.36. The zero-order valence-electron chi connectivity index (χ0n) is 19.2. The number of carbonyl (C=O) groups excluding carboxylic acids is 1. The van der Waals surface area contributed by atoms with E-state index in [9.17, 15) is 4.79 Å². The lowest BCUT2D eigenvalue weighted by molar-refractivity contribution is -0.118. The van der Waals surface area contributed by atoms with Crippen molar-refractivity contribution in [3.8, 4) is 0 Å². The smallest absolute Gasteiger partial charge is 0.137 e. The SMILES string of the molecule is O=C(CCC1CCNC1)Cc1cccc(C2CCCC(c3nccc4c3C=CCC4)C2)c1. The van der Waals surface area contributed by atoms with Crippen molar-refractivity contribution in [2.45, 2.75) is 76.0 Å². The van der Waals surface area contributed by atoms with Crippen LogP contribution in [0.3, 0.4) is 0 Å². The number of benzene rings is 1. The van der Waals surface area contributed by atoms with Crippen LogP contribution in [-0.2, 0) is 17.6 Å². The molecule has 32 heavy (non-hydrogen) atoms. The van der Waals surface area contributed by atoms with Gasteiger partial charge in [0.25, 0.3) is 0 Å². The van der Waals surface area contributed by atoms with Crippen molar-refractivity contribution in [3.63, 3.8) is 0 Å². The van der Waals surface area contributed by atoms with Crippen LogP contribution in [0.2, 0.25) is 0 Å². The Bertz CT molecular complexity index is 973. The first kappa shape index (κ1) is 21.6. The Labute approximate surface area is 192 Å². The second-order valence-corrected chi connectivity index (χ2v) is 10.1. The topological polar surface area (TPSA) is 42.0 Å². The highest BCUT2D eigenvalue weighted by Gasteiger charge is 2.28. The predicted octanol–water partition coefficient (Wildman–Crippen LogP) is 5.98. The molecule has 2 heterocycles. The second kappa shape index (κ2) is 10.1. The van der Waals surface area contributed by atoms with E-state index >= 15 is 0 Å². The first-order valence-corrected chi connectivity index (χ1v) is 12.7. The van der Waals surface area contributed by atoms with Crippen LogP contribution in [0.25, 0.3) is 6.08 Å². The van der Waals surface area contributed by atoms with Crippen LogP contribution in [0, 0.1) is 5.92 Å². The van der Waals surface area contributed by atoms with Gasteiger partial charge in [-0.2, -0.15) is 0 Å². The van der Waals surface area contributed by atoms with Crippen molar-refractivity contribution < 1.29 is 4.79 Å². The molecule has 0 bridgehead atoms. The number of hydrogen-bond acceptors (Lipinski definition) is 3. The van der Waals surface area contributed by atoms with E-state index in [0.717, 1.165) is 38.8 Å². The van der Waals surface area contributed by atoms with Gasteiger partial charge < -0.3 is 5.32 Å². The monoisotopic (exact) mass is 428 g/mol. The number of ketones is 1. The van der Waals surface area contributed by atoms with Gasteiger partial charge in [-0.3, -0.25) is 9.78 Å². The van der Waals surface area contributed by atoms with Crippen molar-refractivity contribution in [1.82, 2.24) is 10.3 Å². The van der Waals surface area contributed by atoms with Crippen LogP contribution >= 0.6 is 0 Å². The van der Waals surface area contributed by atoms with Crippen LogP contribution in [0.1, 0.15) is 91.2 Å². The van der Waals surface area contributed by atoms with Gasteiger partial charge in [-0.05, 0) is 98.2 Å². The Balaban J connectivity index is 1.24. The highest BCUT2D eigenvalue weighted by molar-refractivity contribution is 5.80. The minimum Gasteiger partial charge on any atom is -0.316 e. The van der Waals surface area contributed by atoms with Crippen LogP contribution in [0.5, 0.6) is 0 Å². The number of aryl methyl sites for hydroxylation is 1. The van der Waals surface area contributed by atoms with E-state index in [-0.39, 0.29) is 0 Å². The van der Waals surface area contributed by atoms with Gasteiger partial charge in [0.2, 0.25) is 0 Å². The lowest BCUT2D eigenvalue weighted by Crippen LogP contribution is -2.16. The van der Waals surface area contributed by atoms with E-state index in [4.69, 9.17) is 4.98 Å². The molecule has 5 rings (SSSR count). The highest BCUT2D eigenvalue weighted by Crippen LogP contribution is 2.42. The molecule has 2 aromatic rings. The molecule has 1 aliphatic heterocycles. The molecule has 1 N–H and O–H groups in total. The quantitative estimate of drug-likeness (QED) is 0.589. The maximum Gasteiger partial charge on any atom is 0.137 e. The average molecular weight is 429 g/mol. The van der Waals surface area contributed by atoms with Crippen LogP contribution in [0.15, 0.2) is 42.6 Å². The van der Waals surface area contributed by atoms with Gasteiger partial charge in [0, 0.05) is 25.0 Å². The van der Waals surface area contributed by atoms with Crippen LogP contribution in [0.4, 0.5) is 0 Å². The zero-order chi connectivity index (χ0) is 21.8. The molecular formula is C29H36N2O. The number of nitrogens with zero attached hydrogens (tertiary/aromatic N) is 1. The van der Waals surface area contributed by atoms with Gasteiger partial charge in [0.05, 0.1) is 5.69 Å². The van der Waals surface area contributed by atoms with Gasteiger partial charge in [0.1, 0.15) is 5.78 Å². The van der Waals surface area contributed by atoms with Crippen LogP contribution in [-0.4, -0.2) is 23.9 Å². The van der Waals surface area contributed by atoms with Gasteiger partial charge in [-0.15, -0.1) is 0 Å². The van der Waals surface area contributed by atoms with Crippen LogP contribution < -0.4 is 5.32 Å².